The van der Waals surface area contributed by atoms with Crippen LogP contribution < -0.4 is 15.4 Å². The number of hydrogen-bond donors (Lipinski definition) is 2. The average molecular weight is 248 g/mol. The van der Waals surface area contributed by atoms with Crippen molar-refractivity contribution in [2.75, 3.05) is 13.7 Å². The topological polar surface area (TPSA) is 50.4 Å². The minimum Gasteiger partial charge on any atom is -0.497 e. The fourth-order valence-corrected chi connectivity index (χ4v) is 2.13. The molecule has 0 bridgehead atoms. The van der Waals surface area contributed by atoms with E-state index >= 15 is 0 Å². The lowest BCUT2D eigenvalue weighted by atomic mass is 10.0. The fourth-order valence-electron chi connectivity index (χ4n) is 2.13. The summed E-state index contributed by atoms with van der Waals surface area (Å²) in [6, 6.07) is 7.72. The molecule has 18 heavy (non-hydrogen) atoms. The number of carbonyl (C=O) groups is 1. The van der Waals surface area contributed by atoms with E-state index in [0.717, 1.165) is 30.7 Å². The minimum atomic E-state index is -0.0167. The number of ether oxygens (including phenoxy) is 1. The van der Waals surface area contributed by atoms with Crippen molar-refractivity contribution < 1.29 is 9.53 Å². The fraction of sp³-hybridized carbons (Fsp3) is 0.500. The number of rotatable bonds is 4. The Morgan fingerprint density at radius 1 is 1.39 bits per heavy atom. The first-order valence-corrected chi connectivity index (χ1v) is 6.43. The summed E-state index contributed by atoms with van der Waals surface area (Å²) in [6.07, 6.45) is 3.24. The van der Waals surface area contributed by atoms with Crippen molar-refractivity contribution in [3.63, 3.8) is 0 Å². The number of piperidine rings is 1. The summed E-state index contributed by atoms with van der Waals surface area (Å²) in [5, 5.41) is 6.21. The van der Waals surface area contributed by atoms with Crippen LogP contribution in [-0.2, 0) is 11.3 Å². The predicted octanol–water partition coefficient (Wildman–Crippen LogP) is 1.45. The van der Waals surface area contributed by atoms with Crippen molar-refractivity contribution in [2.45, 2.75) is 31.8 Å². The van der Waals surface area contributed by atoms with Crippen molar-refractivity contribution >= 4 is 5.91 Å². The maximum Gasteiger partial charge on any atom is 0.237 e. The van der Waals surface area contributed by atoms with Gasteiger partial charge in [0.25, 0.3) is 0 Å². The lowest BCUT2D eigenvalue weighted by molar-refractivity contribution is -0.123. The number of hydrogen-bond acceptors (Lipinski definition) is 3. The van der Waals surface area contributed by atoms with Gasteiger partial charge in [-0.2, -0.15) is 0 Å². The third kappa shape index (κ3) is 3.47. The van der Waals surface area contributed by atoms with E-state index in [1.165, 1.54) is 6.42 Å². The van der Waals surface area contributed by atoms with Gasteiger partial charge in [0.1, 0.15) is 5.75 Å². The molecule has 0 unspecified atom stereocenters. The predicted molar refractivity (Wildman–Crippen MR) is 70.5 cm³/mol. The zero-order valence-corrected chi connectivity index (χ0v) is 10.7. The molecule has 1 aromatic carbocycles. The first-order chi connectivity index (χ1) is 8.79. The van der Waals surface area contributed by atoms with Gasteiger partial charge in [0.15, 0.2) is 0 Å². The second kappa shape index (κ2) is 6.40. The summed E-state index contributed by atoms with van der Waals surface area (Å²) in [6.45, 7) is 1.52. The average Bonchev–Trinajstić information content (AvgIpc) is 2.46. The summed E-state index contributed by atoms with van der Waals surface area (Å²) >= 11 is 0. The molecule has 4 nitrogen and oxygen atoms in total. The molecule has 0 aliphatic carbocycles. The first-order valence-electron chi connectivity index (χ1n) is 6.43. The normalized spacial score (nSPS) is 19.3. The molecular formula is C14H20N2O2. The molecule has 0 aromatic heterocycles. The summed E-state index contributed by atoms with van der Waals surface area (Å²) in [5.74, 6) is 0.935. The molecule has 1 atom stereocenters. The van der Waals surface area contributed by atoms with E-state index in [-0.39, 0.29) is 11.9 Å². The van der Waals surface area contributed by atoms with E-state index < -0.39 is 0 Å². The molecule has 98 valence electrons. The van der Waals surface area contributed by atoms with Gasteiger partial charge < -0.3 is 15.4 Å². The SMILES string of the molecule is COc1ccc(CNC(=O)[C@H]2CCCCN2)cc1. The van der Waals surface area contributed by atoms with Crippen LogP contribution in [0.25, 0.3) is 0 Å². The quantitative estimate of drug-likeness (QED) is 0.848. The molecule has 1 aliphatic heterocycles. The lowest BCUT2D eigenvalue weighted by Crippen LogP contribution is -2.46. The third-order valence-corrected chi connectivity index (χ3v) is 3.25. The minimum absolute atomic E-state index is 0.0167. The van der Waals surface area contributed by atoms with Gasteiger partial charge in [0.05, 0.1) is 13.2 Å². The maximum absolute atomic E-state index is 11.9. The van der Waals surface area contributed by atoms with E-state index in [2.05, 4.69) is 10.6 Å². The van der Waals surface area contributed by atoms with Gasteiger partial charge in [-0.3, -0.25) is 4.79 Å². The van der Waals surface area contributed by atoms with Crippen LogP contribution in [0.3, 0.4) is 0 Å². The molecule has 1 fully saturated rings. The van der Waals surface area contributed by atoms with E-state index in [1.54, 1.807) is 7.11 Å². The Hall–Kier alpha value is -1.55. The molecule has 2 rings (SSSR count). The van der Waals surface area contributed by atoms with Gasteiger partial charge in [0, 0.05) is 6.54 Å². The molecule has 1 heterocycles. The highest BCUT2D eigenvalue weighted by Crippen LogP contribution is 2.11. The van der Waals surface area contributed by atoms with Crippen LogP contribution in [0.1, 0.15) is 24.8 Å². The molecule has 1 aliphatic rings. The van der Waals surface area contributed by atoms with Crippen molar-refractivity contribution in [3.05, 3.63) is 29.8 Å². The molecule has 0 radical (unpaired) electrons. The van der Waals surface area contributed by atoms with E-state index in [0.29, 0.717) is 6.54 Å². The Morgan fingerprint density at radius 2 is 2.17 bits per heavy atom. The molecular weight excluding hydrogens is 228 g/mol. The number of benzene rings is 1. The molecule has 1 amide bonds. The number of nitrogens with one attached hydrogen (secondary N) is 2. The molecule has 1 saturated heterocycles. The van der Waals surface area contributed by atoms with Crippen LogP contribution in [0.4, 0.5) is 0 Å². The Kier molecular flexibility index (Phi) is 4.59. The van der Waals surface area contributed by atoms with Crippen LogP contribution in [0, 0.1) is 0 Å². The Bertz CT molecular complexity index is 383. The zero-order valence-electron chi connectivity index (χ0n) is 10.7. The van der Waals surface area contributed by atoms with Crippen LogP contribution in [-0.4, -0.2) is 25.6 Å². The van der Waals surface area contributed by atoms with Gasteiger partial charge in [-0.1, -0.05) is 18.6 Å². The summed E-state index contributed by atoms with van der Waals surface area (Å²) in [4.78, 5) is 11.9. The highest BCUT2D eigenvalue weighted by molar-refractivity contribution is 5.81. The van der Waals surface area contributed by atoms with Crippen LogP contribution in [0.2, 0.25) is 0 Å². The Morgan fingerprint density at radius 3 is 2.78 bits per heavy atom. The zero-order chi connectivity index (χ0) is 12.8. The maximum atomic E-state index is 11.9. The van der Waals surface area contributed by atoms with Gasteiger partial charge in [-0.05, 0) is 37.1 Å². The van der Waals surface area contributed by atoms with Gasteiger partial charge in [0.2, 0.25) is 5.91 Å². The van der Waals surface area contributed by atoms with Gasteiger partial charge in [-0.25, -0.2) is 0 Å². The first kappa shape index (κ1) is 12.9. The number of carbonyl (C=O) groups excluding carboxylic acids is 1. The third-order valence-electron chi connectivity index (χ3n) is 3.25. The smallest absolute Gasteiger partial charge is 0.237 e. The van der Waals surface area contributed by atoms with Crippen LogP contribution in [0.5, 0.6) is 5.75 Å². The van der Waals surface area contributed by atoms with Crippen LogP contribution >= 0.6 is 0 Å². The summed E-state index contributed by atoms with van der Waals surface area (Å²) < 4.78 is 5.09. The molecule has 1 aromatic rings. The summed E-state index contributed by atoms with van der Waals surface area (Å²) in [7, 11) is 1.64. The monoisotopic (exact) mass is 248 g/mol. The van der Waals surface area contributed by atoms with E-state index in [9.17, 15) is 4.79 Å². The van der Waals surface area contributed by atoms with Gasteiger partial charge in [-0.15, -0.1) is 0 Å². The standard InChI is InChI=1S/C14H20N2O2/c1-18-12-7-5-11(6-8-12)10-16-14(17)13-4-2-3-9-15-13/h5-8,13,15H,2-4,9-10H2,1H3,(H,16,17)/t13-/m1/s1. The van der Waals surface area contributed by atoms with Crippen molar-refractivity contribution in [1.82, 2.24) is 10.6 Å². The Labute approximate surface area is 108 Å². The van der Waals surface area contributed by atoms with Crippen molar-refractivity contribution in [1.29, 1.82) is 0 Å². The second-order valence-electron chi connectivity index (χ2n) is 4.57. The number of methoxy groups -OCH3 is 1. The largest absolute Gasteiger partial charge is 0.497 e. The summed E-state index contributed by atoms with van der Waals surface area (Å²) in [5.41, 5.74) is 1.08. The molecule has 0 spiro atoms. The van der Waals surface area contributed by atoms with Gasteiger partial charge >= 0.3 is 0 Å². The van der Waals surface area contributed by atoms with E-state index in [1.807, 2.05) is 24.3 Å². The molecule has 2 N–H and O–H groups in total. The second-order valence-corrected chi connectivity index (χ2v) is 4.57. The highest BCUT2D eigenvalue weighted by atomic mass is 16.5. The highest BCUT2D eigenvalue weighted by Gasteiger charge is 2.19. The van der Waals surface area contributed by atoms with E-state index in [4.69, 9.17) is 4.74 Å². The Balaban J connectivity index is 1.80. The van der Waals surface area contributed by atoms with Crippen LogP contribution in [0.15, 0.2) is 24.3 Å². The lowest BCUT2D eigenvalue weighted by Gasteiger charge is -2.22. The molecule has 4 heteroatoms. The van der Waals surface area contributed by atoms with Crippen molar-refractivity contribution in [3.8, 4) is 5.75 Å². The number of amides is 1. The molecule has 0 saturated carbocycles. The van der Waals surface area contributed by atoms with Crippen molar-refractivity contribution in [2.24, 2.45) is 0 Å².